The van der Waals surface area contributed by atoms with Gasteiger partial charge in [-0.2, -0.15) is 0 Å². The molecule has 1 aromatic carbocycles. The van der Waals surface area contributed by atoms with E-state index in [-0.39, 0.29) is 5.82 Å². The molecule has 0 saturated carbocycles. The number of rotatable bonds is 5. The maximum Gasteiger partial charge on any atom is 0.207 e. The van der Waals surface area contributed by atoms with E-state index in [1.54, 1.807) is 19.2 Å². The molecule has 1 heterocycles. The molecule has 0 saturated heterocycles. The standard InChI is InChI=1S/C13H15BrFN3O/c1-9-8-18(6-7-19-2)13(16-9)17-12-10(14)4-3-5-11(12)15/h3-5,8H,6-7H2,1-2H3,(H,16,17). The molecule has 0 fully saturated rings. The van der Waals surface area contributed by atoms with Gasteiger partial charge in [0.25, 0.3) is 0 Å². The van der Waals surface area contributed by atoms with Gasteiger partial charge in [-0.1, -0.05) is 6.07 Å². The Kier molecular flexibility index (Phi) is 4.55. The van der Waals surface area contributed by atoms with E-state index in [1.165, 1.54) is 6.07 Å². The van der Waals surface area contributed by atoms with Gasteiger partial charge in [0, 0.05) is 24.3 Å². The quantitative estimate of drug-likeness (QED) is 0.913. The van der Waals surface area contributed by atoms with Gasteiger partial charge < -0.3 is 14.6 Å². The van der Waals surface area contributed by atoms with Gasteiger partial charge in [0.1, 0.15) is 5.82 Å². The van der Waals surface area contributed by atoms with Crippen LogP contribution in [-0.2, 0) is 11.3 Å². The third kappa shape index (κ3) is 3.33. The second kappa shape index (κ2) is 6.16. The number of benzene rings is 1. The fourth-order valence-corrected chi connectivity index (χ4v) is 2.18. The fraction of sp³-hybridized carbons (Fsp3) is 0.308. The van der Waals surface area contributed by atoms with Gasteiger partial charge in [-0.3, -0.25) is 0 Å². The second-order valence-electron chi connectivity index (χ2n) is 4.11. The average molecular weight is 328 g/mol. The summed E-state index contributed by atoms with van der Waals surface area (Å²) in [5.74, 6) is 0.272. The van der Waals surface area contributed by atoms with E-state index in [0.717, 1.165) is 5.69 Å². The molecule has 0 aliphatic heterocycles. The summed E-state index contributed by atoms with van der Waals surface area (Å²) in [4.78, 5) is 4.35. The minimum Gasteiger partial charge on any atom is -0.383 e. The van der Waals surface area contributed by atoms with Crippen LogP contribution in [0.4, 0.5) is 16.0 Å². The summed E-state index contributed by atoms with van der Waals surface area (Å²) in [6, 6.07) is 4.83. The SMILES string of the molecule is COCCn1cc(C)nc1Nc1c(F)cccc1Br. The van der Waals surface area contributed by atoms with Crippen LogP contribution in [0.3, 0.4) is 0 Å². The number of imidazole rings is 1. The van der Waals surface area contributed by atoms with Gasteiger partial charge in [-0.05, 0) is 35.0 Å². The number of para-hydroxylation sites is 1. The lowest BCUT2D eigenvalue weighted by Gasteiger charge is -2.11. The highest BCUT2D eigenvalue weighted by Gasteiger charge is 2.11. The van der Waals surface area contributed by atoms with E-state index < -0.39 is 0 Å². The summed E-state index contributed by atoms with van der Waals surface area (Å²) in [6.45, 7) is 3.12. The average Bonchev–Trinajstić information content (AvgIpc) is 2.72. The maximum atomic E-state index is 13.8. The third-order valence-corrected chi connectivity index (χ3v) is 3.29. The summed E-state index contributed by atoms with van der Waals surface area (Å²) in [5, 5.41) is 3.01. The van der Waals surface area contributed by atoms with Crippen LogP contribution >= 0.6 is 15.9 Å². The Hall–Kier alpha value is -1.40. The number of anilines is 2. The predicted octanol–water partition coefficient (Wildman–Crippen LogP) is 3.48. The van der Waals surface area contributed by atoms with E-state index in [9.17, 15) is 4.39 Å². The number of nitrogens with one attached hydrogen (secondary N) is 1. The summed E-state index contributed by atoms with van der Waals surface area (Å²) in [7, 11) is 1.64. The monoisotopic (exact) mass is 327 g/mol. The van der Waals surface area contributed by atoms with Crippen molar-refractivity contribution in [3.8, 4) is 0 Å². The highest BCUT2D eigenvalue weighted by atomic mass is 79.9. The largest absolute Gasteiger partial charge is 0.383 e. The van der Waals surface area contributed by atoms with Gasteiger partial charge in [0.05, 0.1) is 18.0 Å². The van der Waals surface area contributed by atoms with Crippen molar-refractivity contribution in [2.24, 2.45) is 0 Å². The van der Waals surface area contributed by atoms with Crippen molar-refractivity contribution < 1.29 is 9.13 Å². The summed E-state index contributed by atoms with van der Waals surface area (Å²) in [6.07, 6.45) is 1.90. The highest BCUT2D eigenvalue weighted by molar-refractivity contribution is 9.10. The van der Waals surface area contributed by atoms with Crippen molar-refractivity contribution >= 4 is 27.6 Å². The maximum absolute atomic E-state index is 13.8. The normalized spacial score (nSPS) is 10.7. The summed E-state index contributed by atoms with van der Waals surface area (Å²) >= 11 is 3.32. The topological polar surface area (TPSA) is 39.1 Å². The van der Waals surface area contributed by atoms with Crippen LogP contribution < -0.4 is 5.32 Å². The smallest absolute Gasteiger partial charge is 0.207 e. The molecule has 0 atom stereocenters. The van der Waals surface area contributed by atoms with Crippen LogP contribution in [0, 0.1) is 12.7 Å². The zero-order valence-corrected chi connectivity index (χ0v) is 12.4. The fourth-order valence-electron chi connectivity index (χ4n) is 1.74. The first-order chi connectivity index (χ1) is 9.11. The zero-order valence-electron chi connectivity index (χ0n) is 10.8. The van der Waals surface area contributed by atoms with Crippen LogP contribution in [0.2, 0.25) is 0 Å². The van der Waals surface area contributed by atoms with Gasteiger partial charge in [-0.15, -0.1) is 0 Å². The number of methoxy groups -OCH3 is 1. The van der Waals surface area contributed by atoms with Gasteiger partial charge >= 0.3 is 0 Å². The van der Waals surface area contributed by atoms with Crippen LogP contribution in [0.25, 0.3) is 0 Å². The van der Waals surface area contributed by atoms with Crippen LogP contribution in [0.15, 0.2) is 28.9 Å². The minimum atomic E-state index is -0.326. The lowest BCUT2D eigenvalue weighted by molar-refractivity contribution is 0.188. The molecule has 0 spiro atoms. The molecule has 0 unspecified atom stereocenters. The Bertz CT molecular complexity index is 551. The molecule has 0 aliphatic rings. The van der Waals surface area contributed by atoms with Gasteiger partial charge in [-0.25, -0.2) is 9.37 Å². The minimum absolute atomic E-state index is 0.326. The molecule has 2 aromatic rings. The van der Waals surface area contributed by atoms with Crippen molar-refractivity contribution in [3.63, 3.8) is 0 Å². The predicted molar refractivity (Wildman–Crippen MR) is 76.2 cm³/mol. The molecule has 0 amide bonds. The number of hydrogen-bond acceptors (Lipinski definition) is 3. The Morgan fingerprint density at radius 3 is 2.95 bits per heavy atom. The zero-order chi connectivity index (χ0) is 13.8. The molecule has 4 nitrogen and oxygen atoms in total. The van der Waals surface area contributed by atoms with E-state index >= 15 is 0 Å². The van der Waals surface area contributed by atoms with Crippen molar-refractivity contribution in [2.75, 3.05) is 19.0 Å². The first-order valence-corrected chi connectivity index (χ1v) is 6.65. The molecule has 1 aromatic heterocycles. The molecule has 19 heavy (non-hydrogen) atoms. The van der Waals surface area contributed by atoms with Gasteiger partial charge in [0.15, 0.2) is 0 Å². The number of halogens is 2. The highest BCUT2D eigenvalue weighted by Crippen LogP contribution is 2.28. The molecular formula is C13H15BrFN3O. The number of ether oxygens (including phenoxy) is 1. The van der Waals surface area contributed by atoms with E-state index in [1.807, 2.05) is 17.7 Å². The Balaban J connectivity index is 2.27. The molecular weight excluding hydrogens is 313 g/mol. The molecule has 2 rings (SSSR count). The van der Waals surface area contributed by atoms with E-state index in [4.69, 9.17) is 4.74 Å². The lowest BCUT2D eigenvalue weighted by atomic mass is 10.3. The Morgan fingerprint density at radius 2 is 2.26 bits per heavy atom. The van der Waals surface area contributed by atoms with Crippen molar-refractivity contribution in [1.82, 2.24) is 9.55 Å². The van der Waals surface area contributed by atoms with Gasteiger partial charge in [0.2, 0.25) is 5.95 Å². The summed E-state index contributed by atoms with van der Waals surface area (Å²) in [5.41, 5.74) is 1.25. The third-order valence-electron chi connectivity index (χ3n) is 2.63. The van der Waals surface area contributed by atoms with Crippen molar-refractivity contribution in [1.29, 1.82) is 0 Å². The molecule has 0 bridgehead atoms. The number of aryl methyl sites for hydroxylation is 1. The number of hydrogen-bond donors (Lipinski definition) is 1. The van der Waals surface area contributed by atoms with Crippen LogP contribution in [-0.4, -0.2) is 23.3 Å². The van der Waals surface area contributed by atoms with E-state index in [0.29, 0.717) is 29.3 Å². The Labute approximate surface area is 119 Å². The molecule has 6 heteroatoms. The molecule has 0 aliphatic carbocycles. The Morgan fingerprint density at radius 1 is 1.47 bits per heavy atom. The van der Waals surface area contributed by atoms with Crippen LogP contribution in [0.5, 0.6) is 0 Å². The number of nitrogens with zero attached hydrogens (tertiary/aromatic N) is 2. The summed E-state index contributed by atoms with van der Waals surface area (Å²) < 4.78 is 21.4. The van der Waals surface area contributed by atoms with Crippen LogP contribution in [0.1, 0.15) is 5.69 Å². The molecule has 1 N–H and O–H groups in total. The van der Waals surface area contributed by atoms with Crippen molar-refractivity contribution in [2.45, 2.75) is 13.5 Å². The second-order valence-corrected chi connectivity index (χ2v) is 4.97. The number of aromatic nitrogens is 2. The molecule has 102 valence electrons. The lowest BCUT2D eigenvalue weighted by Crippen LogP contribution is -2.08. The first kappa shape index (κ1) is 14.0. The van der Waals surface area contributed by atoms with E-state index in [2.05, 4.69) is 26.2 Å². The van der Waals surface area contributed by atoms with Crippen molar-refractivity contribution in [3.05, 3.63) is 40.4 Å². The first-order valence-electron chi connectivity index (χ1n) is 5.85. The molecule has 0 radical (unpaired) electrons.